The highest BCUT2D eigenvalue weighted by molar-refractivity contribution is 6.31. The third-order valence-corrected chi connectivity index (χ3v) is 5.49. The fraction of sp³-hybridized carbons (Fsp3) is 0.240. The molecule has 1 aliphatic rings. The number of amides is 4. The lowest BCUT2D eigenvalue weighted by atomic mass is 10.1. The molecule has 1 saturated heterocycles. The minimum Gasteiger partial charge on any atom is -0.493 e. The molecule has 33 heavy (non-hydrogen) atoms. The lowest BCUT2D eigenvalue weighted by Gasteiger charge is -2.24. The van der Waals surface area contributed by atoms with Gasteiger partial charge >= 0.3 is 6.03 Å². The number of para-hydroxylation sites is 3. The lowest BCUT2D eigenvalue weighted by Crippen LogP contribution is -2.53. The van der Waals surface area contributed by atoms with Gasteiger partial charge in [-0.1, -0.05) is 30.3 Å². The molecule has 2 heterocycles. The van der Waals surface area contributed by atoms with Crippen LogP contribution in [0, 0.1) is 0 Å². The number of aromatic nitrogens is 1. The Kier molecular flexibility index (Phi) is 6.44. The first-order valence-corrected chi connectivity index (χ1v) is 10.8. The van der Waals surface area contributed by atoms with E-state index in [1.165, 1.54) is 0 Å². The number of benzene rings is 2. The van der Waals surface area contributed by atoms with Crippen LogP contribution in [0.25, 0.3) is 17.0 Å². The van der Waals surface area contributed by atoms with Gasteiger partial charge in [0.1, 0.15) is 5.57 Å². The fourth-order valence-electron chi connectivity index (χ4n) is 3.87. The normalized spacial score (nSPS) is 15.3. The summed E-state index contributed by atoms with van der Waals surface area (Å²) in [6.45, 7) is 3.05. The van der Waals surface area contributed by atoms with E-state index in [-0.39, 0.29) is 12.1 Å². The molecule has 0 spiro atoms. The van der Waals surface area contributed by atoms with Crippen LogP contribution >= 0.6 is 0 Å². The van der Waals surface area contributed by atoms with Crippen molar-refractivity contribution in [3.8, 4) is 11.5 Å². The van der Waals surface area contributed by atoms with E-state index in [9.17, 15) is 14.4 Å². The molecule has 0 unspecified atom stereocenters. The molecule has 1 aromatic heterocycles. The van der Waals surface area contributed by atoms with Crippen LogP contribution in [-0.4, -0.2) is 47.6 Å². The number of carbonyl (C=O) groups is 3. The van der Waals surface area contributed by atoms with Gasteiger partial charge in [0.2, 0.25) is 0 Å². The van der Waals surface area contributed by atoms with E-state index in [0.29, 0.717) is 24.7 Å². The summed E-state index contributed by atoms with van der Waals surface area (Å²) >= 11 is 0. The van der Waals surface area contributed by atoms with Crippen molar-refractivity contribution in [1.82, 2.24) is 14.8 Å². The average Bonchev–Trinajstić information content (AvgIpc) is 3.17. The van der Waals surface area contributed by atoms with Gasteiger partial charge in [-0.2, -0.15) is 0 Å². The van der Waals surface area contributed by atoms with Crippen molar-refractivity contribution in [1.29, 1.82) is 0 Å². The monoisotopic (exact) mass is 447 g/mol. The predicted molar refractivity (Wildman–Crippen MR) is 124 cm³/mol. The highest BCUT2D eigenvalue weighted by atomic mass is 16.5. The molecule has 170 valence electrons. The molecule has 0 saturated carbocycles. The van der Waals surface area contributed by atoms with Crippen molar-refractivity contribution < 1.29 is 23.9 Å². The van der Waals surface area contributed by atoms with Crippen molar-refractivity contribution in [3.05, 3.63) is 65.9 Å². The van der Waals surface area contributed by atoms with Crippen molar-refractivity contribution in [2.45, 2.75) is 19.9 Å². The minimum absolute atomic E-state index is 0.0566. The number of urea groups is 1. The van der Waals surface area contributed by atoms with Crippen molar-refractivity contribution >= 4 is 34.8 Å². The predicted octanol–water partition coefficient (Wildman–Crippen LogP) is 3.60. The number of nitrogens with one attached hydrogen (secondary N) is 1. The zero-order chi connectivity index (χ0) is 23.4. The summed E-state index contributed by atoms with van der Waals surface area (Å²) in [5, 5.41) is 3.14. The van der Waals surface area contributed by atoms with Crippen LogP contribution in [0.2, 0.25) is 0 Å². The van der Waals surface area contributed by atoms with Crippen molar-refractivity contribution in [3.63, 3.8) is 0 Å². The van der Waals surface area contributed by atoms with Crippen LogP contribution in [0.5, 0.6) is 11.5 Å². The summed E-state index contributed by atoms with van der Waals surface area (Å²) in [5.41, 5.74) is 1.66. The Hall–Kier alpha value is -4.07. The van der Waals surface area contributed by atoms with Gasteiger partial charge in [0, 0.05) is 35.8 Å². The SMILES string of the molecule is CCN1C(=O)NC(=O)/C(=C\c2cn(CCCOc3ccccc3OC)c3ccccc23)C1=O. The first-order chi connectivity index (χ1) is 16.0. The van der Waals surface area contributed by atoms with Gasteiger partial charge < -0.3 is 14.0 Å². The Morgan fingerprint density at radius 2 is 1.73 bits per heavy atom. The maximum atomic E-state index is 12.7. The molecule has 8 heteroatoms. The van der Waals surface area contributed by atoms with Crippen LogP contribution < -0.4 is 14.8 Å². The van der Waals surface area contributed by atoms with Gasteiger partial charge in [-0.3, -0.25) is 19.8 Å². The van der Waals surface area contributed by atoms with Gasteiger partial charge in [-0.15, -0.1) is 0 Å². The third kappa shape index (κ3) is 4.45. The van der Waals surface area contributed by atoms with E-state index in [1.54, 1.807) is 20.1 Å². The molecule has 8 nitrogen and oxygen atoms in total. The molecule has 4 amide bonds. The van der Waals surface area contributed by atoms with Crippen LogP contribution in [-0.2, 0) is 16.1 Å². The number of ether oxygens (including phenoxy) is 2. The van der Waals surface area contributed by atoms with E-state index >= 15 is 0 Å². The Morgan fingerprint density at radius 1 is 1.00 bits per heavy atom. The molecule has 1 fully saturated rings. The number of carbonyl (C=O) groups excluding carboxylic acids is 3. The number of hydrogen-bond acceptors (Lipinski definition) is 5. The van der Waals surface area contributed by atoms with Gasteiger partial charge in [0.25, 0.3) is 11.8 Å². The highest BCUT2D eigenvalue weighted by Gasteiger charge is 2.34. The molecule has 0 atom stereocenters. The number of aryl methyl sites for hydroxylation is 1. The summed E-state index contributed by atoms with van der Waals surface area (Å²) < 4.78 is 13.3. The molecule has 0 aliphatic carbocycles. The summed E-state index contributed by atoms with van der Waals surface area (Å²) in [5.74, 6) is 0.109. The zero-order valence-corrected chi connectivity index (χ0v) is 18.5. The minimum atomic E-state index is -0.692. The van der Waals surface area contributed by atoms with Crippen LogP contribution in [0.3, 0.4) is 0 Å². The number of barbiturate groups is 1. The van der Waals surface area contributed by atoms with Gasteiger partial charge in [0.05, 0.1) is 13.7 Å². The largest absolute Gasteiger partial charge is 0.493 e. The summed E-state index contributed by atoms with van der Waals surface area (Å²) in [6.07, 6.45) is 4.20. The van der Waals surface area contributed by atoms with Gasteiger partial charge in [-0.25, -0.2) is 4.79 Å². The Labute approximate surface area is 191 Å². The van der Waals surface area contributed by atoms with Crippen LogP contribution in [0.15, 0.2) is 60.3 Å². The number of methoxy groups -OCH3 is 1. The zero-order valence-electron chi connectivity index (χ0n) is 18.5. The number of hydrogen-bond donors (Lipinski definition) is 1. The molecule has 3 aromatic rings. The second-order valence-electron chi connectivity index (χ2n) is 7.51. The number of rotatable bonds is 8. The van der Waals surface area contributed by atoms with E-state index in [2.05, 4.69) is 9.88 Å². The average molecular weight is 447 g/mol. The topological polar surface area (TPSA) is 89.9 Å². The highest BCUT2D eigenvalue weighted by Crippen LogP contribution is 2.27. The fourth-order valence-corrected chi connectivity index (χ4v) is 3.87. The lowest BCUT2D eigenvalue weighted by molar-refractivity contribution is -0.129. The molecule has 4 rings (SSSR count). The summed E-state index contributed by atoms with van der Waals surface area (Å²) in [6, 6.07) is 14.6. The Balaban J connectivity index is 1.54. The van der Waals surface area contributed by atoms with Crippen molar-refractivity contribution in [2.24, 2.45) is 0 Å². The number of nitrogens with zero attached hydrogens (tertiary/aromatic N) is 2. The molecule has 0 radical (unpaired) electrons. The number of likely N-dealkylation sites (N-methyl/N-ethyl adjacent to an activating group) is 1. The second kappa shape index (κ2) is 9.60. The second-order valence-corrected chi connectivity index (χ2v) is 7.51. The third-order valence-electron chi connectivity index (χ3n) is 5.49. The Morgan fingerprint density at radius 3 is 2.48 bits per heavy atom. The molecule has 1 aliphatic heterocycles. The maximum absolute atomic E-state index is 12.7. The van der Waals surface area contributed by atoms with Gasteiger partial charge in [-0.05, 0) is 37.6 Å². The van der Waals surface area contributed by atoms with E-state index in [1.807, 2.05) is 54.7 Å². The van der Waals surface area contributed by atoms with Crippen LogP contribution in [0.4, 0.5) is 4.79 Å². The molecular weight excluding hydrogens is 422 g/mol. The maximum Gasteiger partial charge on any atom is 0.331 e. The number of fused-ring (bicyclic) bond motifs is 1. The van der Waals surface area contributed by atoms with Crippen LogP contribution in [0.1, 0.15) is 18.9 Å². The van der Waals surface area contributed by atoms with Crippen molar-refractivity contribution in [2.75, 3.05) is 20.3 Å². The quantitative estimate of drug-likeness (QED) is 0.324. The molecule has 0 bridgehead atoms. The first-order valence-electron chi connectivity index (χ1n) is 10.8. The molecular formula is C25H25N3O5. The van der Waals surface area contributed by atoms with E-state index in [0.717, 1.165) is 27.8 Å². The number of imide groups is 2. The summed E-state index contributed by atoms with van der Waals surface area (Å²) in [4.78, 5) is 37.9. The van der Waals surface area contributed by atoms with E-state index in [4.69, 9.17) is 9.47 Å². The Bertz CT molecular complexity index is 1240. The molecule has 1 N–H and O–H groups in total. The van der Waals surface area contributed by atoms with Gasteiger partial charge in [0.15, 0.2) is 11.5 Å². The smallest absolute Gasteiger partial charge is 0.331 e. The van der Waals surface area contributed by atoms with E-state index < -0.39 is 17.8 Å². The summed E-state index contributed by atoms with van der Waals surface area (Å²) in [7, 11) is 1.61. The first kappa shape index (κ1) is 22.1. The standard InChI is InChI=1S/C25H25N3O5/c1-3-28-24(30)19(23(29)26-25(28)31)15-17-16-27(20-10-5-4-9-18(17)20)13-8-14-33-22-12-7-6-11-21(22)32-2/h4-7,9-12,15-16H,3,8,13-14H2,1-2H3,(H,26,29,31)/b19-15+. The molecule has 2 aromatic carbocycles.